The topological polar surface area (TPSA) is 55.6 Å². The van der Waals surface area contributed by atoms with Gasteiger partial charge in [-0.05, 0) is 32.4 Å². The van der Waals surface area contributed by atoms with Crippen molar-refractivity contribution in [3.8, 4) is 5.75 Å². The van der Waals surface area contributed by atoms with Crippen molar-refractivity contribution in [1.82, 2.24) is 4.90 Å². The van der Waals surface area contributed by atoms with E-state index >= 15 is 0 Å². The van der Waals surface area contributed by atoms with Crippen molar-refractivity contribution in [2.24, 2.45) is 0 Å². The highest BCUT2D eigenvalue weighted by molar-refractivity contribution is 5.77. The van der Waals surface area contributed by atoms with Gasteiger partial charge in [0, 0.05) is 24.8 Å². The monoisotopic (exact) mass is 236 g/mol. The average Bonchev–Trinajstić information content (AvgIpc) is 2.32. The van der Waals surface area contributed by atoms with Crippen LogP contribution >= 0.6 is 0 Å². The Morgan fingerprint density at radius 3 is 2.59 bits per heavy atom. The Bertz CT molecular complexity index is 387. The van der Waals surface area contributed by atoms with Gasteiger partial charge in [0.2, 0.25) is 0 Å². The van der Waals surface area contributed by atoms with Crippen LogP contribution in [0.5, 0.6) is 5.75 Å². The third kappa shape index (κ3) is 3.66. The van der Waals surface area contributed by atoms with Crippen molar-refractivity contribution in [3.05, 3.63) is 23.8 Å². The summed E-state index contributed by atoms with van der Waals surface area (Å²) in [5.74, 6) is 0.669. The molecule has 1 aromatic carbocycles. The van der Waals surface area contributed by atoms with Gasteiger partial charge in [-0.15, -0.1) is 0 Å². The molecule has 0 bridgehead atoms. The molecule has 1 aromatic rings. The lowest BCUT2D eigenvalue weighted by Gasteiger charge is -2.19. The van der Waals surface area contributed by atoms with Crippen LogP contribution in [0.2, 0.25) is 0 Å². The summed E-state index contributed by atoms with van der Waals surface area (Å²) in [7, 11) is 0. The molecule has 0 radical (unpaired) electrons. The largest absolute Gasteiger partial charge is 0.483 e. The number of carbonyl (C=O) groups is 1. The van der Waals surface area contributed by atoms with E-state index in [0.29, 0.717) is 24.5 Å². The van der Waals surface area contributed by atoms with E-state index in [1.807, 2.05) is 32.9 Å². The van der Waals surface area contributed by atoms with Gasteiger partial charge in [0.1, 0.15) is 5.75 Å². The van der Waals surface area contributed by atoms with Crippen LogP contribution in [0.3, 0.4) is 0 Å². The van der Waals surface area contributed by atoms with E-state index in [1.54, 1.807) is 11.0 Å². The lowest BCUT2D eigenvalue weighted by Crippen LogP contribution is -2.34. The third-order valence-corrected chi connectivity index (χ3v) is 2.68. The van der Waals surface area contributed by atoms with Crippen molar-refractivity contribution in [1.29, 1.82) is 0 Å². The molecule has 0 saturated heterocycles. The van der Waals surface area contributed by atoms with Crippen molar-refractivity contribution < 1.29 is 9.53 Å². The second-order valence-electron chi connectivity index (χ2n) is 3.88. The first-order valence-corrected chi connectivity index (χ1v) is 5.85. The molecular weight excluding hydrogens is 216 g/mol. The minimum absolute atomic E-state index is 0.00294. The number of amides is 1. The van der Waals surface area contributed by atoms with E-state index in [-0.39, 0.29) is 12.5 Å². The summed E-state index contributed by atoms with van der Waals surface area (Å²) in [6.07, 6.45) is 0. The first-order valence-electron chi connectivity index (χ1n) is 5.85. The average molecular weight is 236 g/mol. The molecule has 1 amide bonds. The summed E-state index contributed by atoms with van der Waals surface area (Å²) < 4.78 is 5.49. The fourth-order valence-corrected chi connectivity index (χ4v) is 1.58. The number of nitrogens with zero attached hydrogens (tertiary/aromatic N) is 1. The van der Waals surface area contributed by atoms with E-state index in [1.165, 1.54) is 0 Å². The van der Waals surface area contributed by atoms with E-state index in [4.69, 9.17) is 10.5 Å². The summed E-state index contributed by atoms with van der Waals surface area (Å²) in [5.41, 5.74) is 7.29. The molecule has 94 valence electrons. The number of nitrogen functional groups attached to an aromatic ring is 1. The molecule has 17 heavy (non-hydrogen) atoms. The predicted molar refractivity (Wildman–Crippen MR) is 69.0 cm³/mol. The molecule has 1 rings (SSSR count). The minimum Gasteiger partial charge on any atom is -0.483 e. The molecule has 0 spiro atoms. The number of nitrogens with two attached hydrogens (primary N) is 1. The summed E-state index contributed by atoms with van der Waals surface area (Å²) in [6.45, 7) is 7.30. The summed E-state index contributed by atoms with van der Waals surface area (Å²) in [4.78, 5) is 13.5. The molecule has 0 unspecified atom stereocenters. The molecule has 4 heteroatoms. The molecule has 0 atom stereocenters. The Morgan fingerprint density at radius 2 is 2.00 bits per heavy atom. The number of hydrogen-bond acceptors (Lipinski definition) is 3. The number of benzene rings is 1. The number of aryl methyl sites for hydroxylation is 1. The number of rotatable bonds is 5. The number of ether oxygens (including phenoxy) is 1. The molecular formula is C13H20N2O2. The summed E-state index contributed by atoms with van der Waals surface area (Å²) in [6, 6.07) is 5.44. The van der Waals surface area contributed by atoms with Crippen LogP contribution in [0, 0.1) is 6.92 Å². The number of likely N-dealkylation sites (N-methyl/N-ethyl adjacent to an activating group) is 1. The molecule has 0 fully saturated rings. The van der Waals surface area contributed by atoms with Crippen LogP contribution in [-0.4, -0.2) is 30.5 Å². The number of hydrogen-bond donors (Lipinski definition) is 1. The maximum absolute atomic E-state index is 11.7. The van der Waals surface area contributed by atoms with Crippen molar-refractivity contribution in [3.63, 3.8) is 0 Å². The van der Waals surface area contributed by atoms with Crippen molar-refractivity contribution in [2.45, 2.75) is 20.8 Å². The molecule has 0 aliphatic heterocycles. The Labute approximate surface area is 102 Å². The zero-order valence-corrected chi connectivity index (χ0v) is 10.7. The van der Waals surface area contributed by atoms with E-state index < -0.39 is 0 Å². The number of carbonyl (C=O) groups excluding carboxylic acids is 1. The molecule has 0 aliphatic rings. The highest BCUT2D eigenvalue weighted by Crippen LogP contribution is 2.20. The van der Waals surface area contributed by atoms with Crippen LogP contribution in [0.1, 0.15) is 19.4 Å². The van der Waals surface area contributed by atoms with E-state index in [9.17, 15) is 4.79 Å². The standard InChI is InChI=1S/C13H20N2O2/c1-4-15(5-2)13(16)9-17-12-8-11(14)7-6-10(12)3/h6-8H,4-5,9,14H2,1-3H3. The first kappa shape index (κ1) is 13.4. The smallest absolute Gasteiger partial charge is 0.260 e. The summed E-state index contributed by atoms with van der Waals surface area (Å²) >= 11 is 0. The fourth-order valence-electron chi connectivity index (χ4n) is 1.58. The minimum atomic E-state index is -0.00294. The molecule has 2 N–H and O–H groups in total. The lowest BCUT2D eigenvalue weighted by atomic mass is 10.2. The van der Waals surface area contributed by atoms with Gasteiger partial charge in [0.25, 0.3) is 5.91 Å². The third-order valence-electron chi connectivity index (χ3n) is 2.68. The van der Waals surface area contributed by atoms with Crippen LogP contribution in [-0.2, 0) is 4.79 Å². The van der Waals surface area contributed by atoms with Crippen LogP contribution in [0.4, 0.5) is 5.69 Å². The zero-order valence-electron chi connectivity index (χ0n) is 10.7. The van der Waals surface area contributed by atoms with Gasteiger partial charge in [-0.1, -0.05) is 6.07 Å². The molecule has 4 nitrogen and oxygen atoms in total. The van der Waals surface area contributed by atoms with Gasteiger partial charge >= 0.3 is 0 Å². The Hall–Kier alpha value is -1.71. The summed E-state index contributed by atoms with van der Waals surface area (Å²) in [5, 5.41) is 0. The second-order valence-corrected chi connectivity index (χ2v) is 3.88. The van der Waals surface area contributed by atoms with Gasteiger partial charge < -0.3 is 15.4 Å². The van der Waals surface area contributed by atoms with Crippen LogP contribution in [0.25, 0.3) is 0 Å². The zero-order chi connectivity index (χ0) is 12.8. The molecule has 0 aliphatic carbocycles. The van der Waals surface area contributed by atoms with Crippen LogP contribution < -0.4 is 10.5 Å². The van der Waals surface area contributed by atoms with E-state index in [0.717, 1.165) is 5.56 Å². The predicted octanol–water partition coefficient (Wildman–Crippen LogP) is 1.82. The van der Waals surface area contributed by atoms with E-state index in [2.05, 4.69) is 0 Å². The van der Waals surface area contributed by atoms with Gasteiger partial charge in [0.05, 0.1) is 0 Å². The Kier molecular flexibility index (Phi) is 4.82. The molecule has 0 saturated carbocycles. The van der Waals surface area contributed by atoms with Gasteiger partial charge in [-0.2, -0.15) is 0 Å². The Balaban J connectivity index is 2.61. The maximum atomic E-state index is 11.7. The van der Waals surface area contributed by atoms with Gasteiger partial charge in [0.15, 0.2) is 6.61 Å². The fraction of sp³-hybridized carbons (Fsp3) is 0.462. The quantitative estimate of drug-likeness (QED) is 0.793. The SMILES string of the molecule is CCN(CC)C(=O)COc1cc(N)ccc1C. The Morgan fingerprint density at radius 1 is 1.35 bits per heavy atom. The van der Waals surface area contributed by atoms with Crippen molar-refractivity contribution >= 4 is 11.6 Å². The normalized spacial score (nSPS) is 10.1. The molecule has 0 heterocycles. The first-order chi connectivity index (χ1) is 8.08. The van der Waals surface area contributed by atoms with Gasteiger partial charge in [-0.3, -0.25) is 4.79 Å². The van der Waals surface area contributed by atoms with Crippen LogP contribution in [0.15, 0.2) is 18.2 Å². The number of anilines is 1. The molecule has 0 aromatic heterocycles. The van der Waals surface area contributed by atoms with Gasteiger partial charge in [-0.25, -0.2) is 0 Å². The maximum Gasteiger partial charge on any atom is 0.260 e. The lowest BCUT2D eigenvalue weighted by molar-refractivity contribution is -0.132. The highest BCUT2D eigenvalue weighted by Gasteiger charge is 2.10. The second kappa shape index (κ2) is 6.13. The highest BCUT2D eigenvalue weighted by atomic mass is 16.5. The van der Waals surface area contributed by atoms with Crippen molar-refractivity contribution in [2.75, 3.05) is 25.4 Å².